The zero-order chi connectivity index (χ0) is 14.2. The maximum atomic E-state index is 6.11. The van der Waals surface area contributed by atoms with Crippen LogP contribution in [0.4, 0.5) is 0 Å². The minimum atomic E-state index is -0.0716. The van der Waals surface area contributed by atoms with Gasteiger partial charge < -0.3 is 10.1 Å². The molecular formula is C17H21NOS. The molecule has 2 nitrogen and oxygen atoms in total. The van der Waals surface area contributed by atoms with Gasteiger partial charge in [-0.1, -0.05) is 24.3 Å². The summed E-state index contributed by atoms with van der Waals surface area (Å²) in [6.45, 7) is 7.36. The first-order chi connectivity index (χ1) is 9.55. The number of benzene rings is 1. The Hall–Kier alpha value is -1.32. The van der Waals surface area contributed by atoms with Gasteiger partial charge in [0.15, 0.2) is 0 Å². The SMILES string of the molecule is C[C@H](NCc1cccc2c1OC(C)(C)C2)c1cccs1. The lowest BCUT2D eigenvalue weighted by Crippen LogP contribution is -2.25. The van der Waals surface area contributed by atoms with Gasteiger partial charge in [0.25, 0.3) is 0 Å². The predicted molar refractivity (Wildman–Crippen MR) is 84.4 cm³/mol. The van der Waals surface area contributed by atoms with Crippen molar-refractivity contribution in [2.24, 2.45) is 0 Å². The van der Waals surface area contributed by atoms with E-state index in [1.54, 1.807) is 11.3 Å². The van der Waals surface area contributed by atoms with Crippen molar-refractivity contribution in [2.45, 2.75) is 45.4 Å². The monoisotopic (exact) mass is 287 g/mol. The molecule has 1 aliphatic heterocycles. The molecule has 0 unspecified atom stereocenters. The summed E-state index contributed by atoms with van der Waals surface area (Å²) >= 11 is 1.80. The van der Waals surface area contributed by atoms with Gasteiger partial charge in [0, 0.05) is 29.4 Å². The van der Waals surface area contributed by atoms with E-state index < -0.39 is 0 Å². The number of nitrogens with one attached hydrogen (secondary N) is 1. The number of ether oxygens (including phenoxy) is 1. The maximum absolute atomic E-state index is 6.11. The van der Waals surface area contributed by atoms with Crippen molar-refractivity contribution in [1.82, 2.24) is 5.32 Å². The van der Waals surface area contributed by atoms with Crippen LogP contribution in [0.5, 0.6) is 5.75 Å². The molecule has 1 atom stereocenters. The second-order valence-electron chi connectivity index (χ2n) is 6.06. The molecule has 20 heavy (non-hydrogen) atoms. The van der Waals surface area contributed by atoms with Crippen molar-refractivity contribution in [3.05, 3.63) is 51.7 Å². The summed E-state index contributed by atoms with van der Waals surface area (Å²) in [5.41, 5.74) is 2.52. The zero-order valence-corrected chi connectivity index (χ0v) is 13.1. The van der Waals surface area contributed by atoms with Crippen LogP contribution in [0.2, 0.25) is 0 Å². The van der Waals surface area contributed by atoms with Crippen LogP contribution < -0.4 is 10.1 Å². The van der Waals surface area contributed by atoms with Crippen LogP contribution in [0.25, 0.3) is 0 Å². The summed E-state index contributed by atoms with van der Waals surface area (Å²) in [7, 11) is 0. The Morgan fingerprint density at radius 2 is 2.15 bits per heavy atom. The fourth-order valence-corrected chi connectivity index (χ4v) is 3.48. The Balaban J connectivity index is 1.72. The average molecular weight is 287 g/mol. The molecule has 3 heteroatoms. The second kappa shape index (κ2) is 5.23. The van der Waals surface area contributed by atoms with E-state index in [1.807, 2.05) is 0 Å². The molecule has 106 valence electrons. The maximum Gasteiger partial charge on any atom is 0.127 e. The van der Waals surface area contributed by atoms with Crippen molar-refractivity contribution < 1.29 is 4.74 Å². The highest BCUT2D eigenvalue weighted by Crippen LogP contribution is 2.37. The lowest BCUT2D eigenvalue weighted by atomic mass is 10.0. The van der Waals surface area contributed by atoms with E-state index in [1.165, 1.54) is 16.0 Å². The normalized spacial score (nSPS) is 17.6. The van der Waals surface area contributed by atoms with E-state index in [4.69, 9.17) is 4.74 Å². The Bertz CT molecular complexity index is 589. The van der Waals surface area contributed by atoms with Crippen LogP contribution in [0.1, 0.15) is 42.8 Å². The number of fused-ring (bicyclic) bond motifs is 1. The van der Waals surface area contributed by atoms with E-state index >= 15 is 0 Å². The molecule has 1 aromatic heterocycles. The van der Waals surface area contributed by atoms with Gasteiger partial charge in [-0.2, -0.15) is 0 Å². The summed E-state index contributed by atoms with van der Waals surface area (Å²) in [5, 5.41) is 5.71. The molecule has 0 aliphatic carbocycles. The standard InChI is InChI=1S/C17H21NOS/c1-12(15-8-5-9-20-15)18-11-14-7-4-6-13-10-17(2,3)19-16(13)14/h4-9,12,18H,10-11H2,1-3H3/t12-/m0/s1. The van der Waals surface area contributed by atoms with Gasteiger partial charge in [0.1, 0.15) is 11.4 Å². The number of thiophene rings is 1. The van der Waals surface area contributed by atoms with Gasteiger partial charge in [-0.25, -0.2) is 0 Å². The molecule has 3 rings (SSSR count). The molecule has 0 saturated carbocycles. The van der Waals surface area contributed by atoms with Crippen LogP contribution in [0, 0.1) is 0 Å². The van der Waals surface area contributed by atoms with Crippen LogP contribution in [-0.2, 0) is 13.0 Å². The van der Waals surface area contributed by atoms with Gasteiger partial charge in [0.2, 0.25) is 0 Å². The minimum Gasteiger partial charge on any atom is -0.487 e. The molecule has 2 heterocycles. The quantitative estimate of drug-likeness (QED) is 0.904. The van der Waals surface area contributed by atoms with E-state index in [0.29, 0.717) is 6.04 Å². The summed E-state index contributed by atoms with van der Waals surface area (Å²) in [4.78, 5) is 1.37. The highest BCUT2D eigenvalue weighted by atomic mass is 32.1. The fourth-order valence-electron chi connectivity index (χ4n) is 2.72. The van der Waals surface area contributed by atoms with E-state index in [-0.39, 0.29) is 5.60 Å². The van der Waals surface area contributed by atoms with Crippen LogP contribution in [-0.4, -0.2) is 5.60 Å². The average Bonchev–Trinajstić information content (AvgIpc) is 3.01. The first-order valence-corrected chi connectivity index (χ1v) is 8.00. The van der Waals surface area contributed by atoms with E-state index in [2.05, 4.69) is 61.8 Å². The van der Waals surface area contributed by atoms with Crippen molar-refractivity contribution in [3.8, 4) is 5.75 Å². The molecule has 1 aliphatic rings. The van der Waals surface area contributed by atoms with Crippen LogP contribution in [0.15, 0.2) is 35.7 Å². The first-order valence-electron chi connectivity index (χ1n) is 7.12. The molecular weight excluding hydrogens is 266 g/mol. The fraction of sp³-hybridized carbons (Fsp3) is 0.412. The highest BCUT2D eigenvalue weighted by molar-refractivity contribution is 7.10. The Morgan fingerprint density at radius 1 is 1.30 bits per heavy atom. The second-order valence-corrected chi connectivity index (χ2v) is 7.04. The van der Waals surface area contributed by atoms with Crippen molar-refractivity contribution >= 4 is 11.3 Å². The first kappa shape index (κ1) is 13.7. The molecule has 0 spiro atoms. The third-order valence-electron chi connectivity index (χ3n) is 3.74. The predicted octanol–water partition coefficient (Wildman–Crippen LogP) is 4.31. The minimum absolute atomic E-state index is 0.0716. The summed E-state index contributed by atoms with van der Waals surface area (Å²) in [5.74, 6) is 1.09. The summed E-state index contributed by atoms with van der Waals surface area (Å²) in [6, 6.07) is 11.1. The third kappa shape index (κ3) is 2.74. The number of hydrogen-bond donors (Lipinski definition) is 1. The van der Waals surface area contributed by atoms with E-state index in [0.717, 1.165) is 18.7 Å². The lowest BCUT2D eigenvalue weighted by Gasteiger charge is -2.19. The number of para-hydroxylation sites is 1. The zero-order valence-electron chi connectivity index (χ0n) is 12.3. The van der Waals surface area contributed by atoms with Gasteiger partial charge in [-0.05, 0) is 37.8 Å². The Morgan fingerprint density at radius 3 is 2.90 bits per heavy atom. The molecule has 1 aromatic carbocycles. The van der Waals surface area contributed by atoms with Crippen molar-refractivity contribution in [2.75, 3.05) is 0 Å². The highest BCUT2D eigenvalue weighted by Gasteiger charge is 2.31. The van der Waals surface area contributed by atoms with Crippen molar-refractivity contribution in [3.63, 3.8) is 0 Å². The molecule has 0 radical (unpaired) electrons. The van der Waals surface area contributed by atoms with Gasteiger partial charge in [0.05, 0.1) is 0 Å². The molecule has 0 fully saturated rings. The molecule has 0 amide bonds. The molecule has 0 bridgehead atoms. The third-order valence-corrected chi connectivity index (χ3v) is 4.80. The molecule has 2 aromatic rings. The largest absolute Gasteiger partial charge is 0.487 e. The summed E-state index contributed by atoms with van der Waals surface area (Å²) in [6.07, 6.45) is 0.997. The van der Waals surface area contributed by atoms with E-state index in [9.17, 15) is 0 Å². The van der Waals surface area contributed by atoms with Gasteiger partial charge >= 0.3 is 0 Å². The van der Waals surface area contributed by atoms with Crippen molar-refractivity contribution in [1.29, 1.82) is 0 Å². The molecule has 1 N–H and O–H groups in total. The lowest BCUT2D eigenvalue weighted by molar-refractivity contribution is 0.137. The van der Waals surface area contributed by atoms with Crippen LogP contribution in [0.3, 0.4) is 0 Å². The topological polar surface area (TPSA) is 21.3 Å². The van der Waals surface area contributed by atoms with Gasteiger partial charge in [-0.3, -0.25) is 0 Å². The molecule has 0 saturated heterocycles. The summed E-state index contributed by atoms with van der Waals surface area (Å²) < 4.78 is 6.11. The smallest absolute Gasteiger partial charge is 0.127 e. The number of rotatable bonds is 4. The Kier molecular flexibility index (Phi) is 3.57. The number of hydrogen-bond acceptors (Lipinski definition) is 3. The van der Waals surface area contributed by atoms with Crippen LogP contribution >= 0.6 is 11.3 Å². The Labute approximate surface area is 124 Å². The van der Waals surface area contributed by atoms with Gasteiger partial charge in [-0.15, -0.1) is 11.3 Å².